The van der Waals surface area contributed by atoms with Crippen LogP contribution < -0.4 is 9.34 Å². The molecule has 304 valence electrons. The van der Waals surface area contributed by atoms with Gasteiger partial charge in [0.2, 0.25) is 10.4 Å². The number of aliphatic hydroxyl groups is 2. The molecule has 6 fully saturated rings. The summed E-state index contributed by atoms with van der Waals surface area (Å²) in [4.78, 5) is 64.7. The van der Waals surface area contributed by atoms with Crippen molar-refractivity contribution >= 4 is 33.5 Å². The van der Waals surface area contributed by atoms with Gasteiger partial charge in [-0.3, -0.25) is 19.2 Å². The number of ketones is 1. The van der Waals surface area contributed by atoms with Gasteiger partial charge in [0.15, 0.2) is 5.78 Å². The molecule has 2 aromatic rings. The third-order valence-electron chi connectivity index (χ3n) is 12.8. The Morgan fingerprint density at radius 3 is 2.46 bits per heavy atom. The average Bonchev–Trinajstić information content (AvgIpc) is 3.57. The highest BCUT2D eigenvalue weighted by molar-refractivity contribution is 7.91. The van der Waals surface area contributed by atoms with Crippen molar-refractivity contribution in [2.24, 2.45) is 34.0 Å². The molecule has 56 heavy (non-hydrogen) atoms. The van der Waals surface area contributed by atoms with Crippen molar-refractivity contribution in [3.8, 4) is 5.88 Å². The first-order chi connectivity index (χ1) is 26.4. The molecular weight excluding hydrogens is 756 g/mol. The highest BCUT2D eigenvalue weighted by atomic mass is 32.2. The number of carbonyl (C=O) groups is 4. The molecule has 4 bridgehead atoms. The van der Waals surface area contributed by atoms with E-state index in [1.165, 1.54) is 31.2 Å². The third-order valence-corrected chi connectivity index (χ3v) is 14.6. The fourth-order valence-corrected chi connectivity index (χ4v) is 12.0. The quantitative estimate of drug-likeness (QED) is 0.114. The van der Waals surface area contributed by atoms with Crippen molar-refractivity contribution in [2.75, 3.05) is 19.8 Å². The normalized spacial score (nSPS) is 33.9. The van der Waals surface area contributed by atoms with Crippen LogP contribution >= 0.6 is 0 Å². The maximum Gasteiger partial charge on any atom is 0.404 e. The molecule has 6 aliphatic rings. The number of sulfone groups is 1. The summed E-state index contributed by atoms with van der Waals surface area (Å²) in [5.74, 6) is -7.14. The lowest BCUT2D eigenvalue weighted by atomic mass is 9.35. The van der Waals surface area contributed by atoms with Gasteiger partial charge in [0, 0.05) is 43.4 Å². The number of ether oxygens (including phenoxy) is 5. The second kappa shape index (κ2) is 14.2. The highest BCUT2D eigenvalue weighted by Gasteiger charge is 2.88. The van der Waals surface area contributed by atoms with Crippen LogP contribution in [0.15, 0.2) is 57.0 Å². The summed E-state index contributed by atoms with van der Waals surface area (Å²) < 4.78 is 59.0. The van der Waals surface area contributed by atoms with Crippen molar-refractivity contribution in [3.63, 3.8) is 0 Å². The zero-order valence-corrected chi connectivity index (χ0v) is 32.2. The van der Waals surface area contributed by atoms with E-state index >= 15 is 0 Å². The lowest BCUT2D eigenvalue weighted by Crippen LogP contribution is -2.86. The second-order valence-corrected chi connectivity index (χ2v) is 18.1. The van der Waals surface area contributed by atoms with Crippen LogP contribution in [0, 0.1) is 38.9 Å². The first kappa shape index (κ1) is 39.8. The summed E-state index contributed by atoms with van der Waals surface area (Å²) in [6.07, 6.45) is -1.84. The van der Waals surface area contributed by atoms with Crippen LogP contribution in [-0.2, 0) is 48.0 Å². The number of nitrogens with zero attached hydrogens (tertiary/aromatic N) is 1. The number of hydrogen-bond donors (Lipinski definition) is 3. The van der Waals surface area contributed by atoms with Gasteiger partial charge in [0.1, 0.15) is 23.7 Å². The molecule has 1 aromatic carbocycles. The minimum Gasteiger partial charge on any atom is -0.466 e. The van der Waals surface area contributed by atoms with Crippen LogP contribution in [0.5, 0.6) is 5.88 Å². The van der Waals surface area contributed by atoms with E-state index in [9.17, 15) is 42.7 Å². The monoisotopic (exact) mass is 803 g/mol. The van der Waals surface area contributed by atoms with Crippen LogP contribution in [0.2, 0.25) is 0 Å². The lowest BCUT2D eigenvalue weighted by molar-refractivity contribution is -0.744. The average molecular weight is 804 g/mol. The van der Waals surface area contributed by atoms with Gasteiger partial charge in [-0.2, -0.15) is 0 Å². The Bertz CT molecular complexity index is 2090. The molecule has 2 aliphatic heterocycles. The number of benzene rings is 1. The van der Waals surface area contributed by atoms with Crippen molar-refractivity contribution < 1.29 is 70.7 Å². The topological polar surface area (TPSA) is 241 Å². The number of Topliss-reactive ketones (excluding diaryl/α,β-unsaturated/α-hetero) is 1. The van der Waals surface area contributed by atoms with E-state index in [1.807, 2.05) is 13.8 Å². The third kappa shape index (κ3) is 5.85. The Labute approximate surface area is 322 Å². The number of aliphatic hydroxyl groups excluding tert-OH is 1. The number of aromatic amines is 1. The second-order valence-electron chi connectivity index (χ2n) is 16.2. The molecule has 2 spiro atoms. The Balaban J connectivity index is 0.967. The SMILES string of the molecule is C=C1C(=O)[C@]23[C@H](OC(=O)CCCC(=O)OCCCOc4[nH]o[n+](=O)c4S(=O)(=O)c4ccccc4)[C@H]1CC[C@H]2[C@@]12CO[C@@]3(O)[C@@H](O)[C@@H]1C(C)(C)CCC2OC(C)=O. The fourth-order valence-electron chi connectivity index (χ4n) is 10.7. The van der Waals surface area contributed by atoms with E-state index in [0.29, 0.717) is 25.7 Å². The summed E-state index contributed by atoms with van der Waals surface area (Å²) in [7, 11) is -4.27. The standard InChI is InChI=1S/C38H47N2O15S/c1-21-24-14-15-25-36-20-52-38(46,31(45)29(36)35(3,4)17-16-26(36)53-22(2)41)37(25,30(21)44)32(24)54-28(43)13-8-12-27(42)50-18-9-19-51-33-34(40(47)55-39-33)56(48,49)23-10-6-5-7-11-23/h5-7,10-11,24-26,29,31-32,39,45-46H,1,8-9,12-20H2,2-4H3/q+1/t24-,25-,26?,29+,31-,32+,36+,37-,38-/m0/s1. The van der Waals surface area contributed by atoms with E-state index in [1.54, 1.807) is 6.07 Å². The van der Waals surface area contributed by atoms with Crippen LogP contribution in [0.25, 0.3) is 0 Å². The minimum atomic E-state index is -4.27. The molecule has 1 aromatic heterocycles. The molecule has 4 aliphatic carbocycles. The van der Waals surface area contributed by atoms with Gasteiger partial charge < -0.3 is 33.9 Å². The smallest absolute Gasteiger partial charge is 0.404 e. The molecule has 18 heteroatoms. The highest BCUT2D eigenvalue weighted by Crippen LogP contribution is 2.77. The van der Waals surface area contributed by atoms with Crippen LogP contribution in [0.4, 0.5) is 0 Å². The van der Waals surface area contributed by atoms with E-state index in [2.05, 4.69) is 16.4 Å². The molecule has 0 radical (unpaired) electrons. The summed E-state index contributed by atoms with van der Waals surface area (Å²) in [6, 6.07) is 7.25. The fraction of sp³-hybridized carbons (Fsp3) is 0.632. The molecule has 3 N–H and O–H groups in total. The number of H-pyrrole nitrogens is 1. The van der Waals surface area contributed by atoms with Crippen LogP contribution in [0.1, 0.15) is 72.1 Å². The summed E-state index contributed by atoms with van der Waals surface area (Å²) in [5, 5.41) is 25.9. The number of esters is 3. The van der Waals surface area contributed by atoms with Gasteiger partial charge in [-0.1, -0.05) is 43.3 Å². The van der Waals surface area contributed by atoms with E-state index in [-0.39, 0.29) is 60.6 Å². The summed E-state index contributed by atoms with van der Waals surface area (Å²) in [6.45, 7) is 9.00. The van der Waals surface area contributed by atoms with Gasteiger partial charge >= 0.3 is 28.8 Å². The van der Waals surface area contributed by atoms with Gasteiger partial charge in [0.25, 0.3) is 9.84 Å². The predicted molar refractivity (Wildman–Crippen MR) is 187 cm³/mol. The van der Waals surface area contributed by atoms with Gasteiger partial charge in [-0.15, -0.1) is 0 Å². The Morgan fingerprint density at radius 2 is 1.75 bits per heavy atom. The maximum absolute atomic E-state index is 14.4. The Kier molecular flexibility index (Phi) is 10.1. The molecule has 2 saturated heterocycles. The van der Waals surface area contributed by atoms with Crippen LogP contribution in [-0.4, -0.2) is 91.4 Å². The molecule has 0 amide bonds. The predicted octanol–water partition coefficient (Wildman–Crippen LogP) is 2.35. The van der Waals surface area contributed by atoms with E-state index in [0.717, 1.165) is 0 Å². The molecular formula is C38H47N2O15S+. The lowest BCUT2D eigenvalue weighted by Gasteiger charge is -2.74. The molecule has 8 rings (SSSR count). The zero-order valence-electron chi connectivity index (χ0n) is 31.4. The molecule has 3 heterocycles. The van der Waals surface area contributed by atoms with E-state index in [4.69, 9.17) is 23.7 Å². The number of fused-ring (bicyclic) bond motifs is 2. The van der Waals surface area contributed by atoms with Crippen molar-refractivity contribution in [1.29, 1.82) is 0 Å². The number of nitrogens with one attached hydrogen (secondary N) is 1. The number of aromatic nitrogens is 2. The van der Waals surface area contributed by atoms with Gasteiger partial charge in [-0.25, -0.2) is 8.42 Å². The number of rotatable bonds is 13. The first-order valence-electron chi connectivity index (χ1n) is 18.8. The summed E-state index contributed by atoms with van der Waals surface area (Å²) in [5.41, 5.74) is -3.29. The summed E-state index contributed by atoms with van der Waals surface area (Å²) >= 11 is 0. The first-order valence-corrected chi connectivity index (χ1v) is 20.3. The number of carbonyl (C=O) groups excluding carboxylic acids is 4. The Morgan fingerprint density at radius 1 is 1.04 bits per heavy atom. The minimum absolute atomic E-state index is 0.0309. The largest absolute Gasteiger partial charge is 0.466 e. The van der Waals surface area contributed by atoms with E-state index < -0.39 is 103 Å². The Hall–Kier alpha value is -4.39. The molecule has 1 unspecified atom stereocenters. The maximum atomic E-state index is 14.4. The van der Waals surface area contributed by atoms with Crippen molar-refractivity contribution in [1.82, 2.24) is 5.16 Å². The van der Waals surface area contributed by atoms with Crippen molar-refractivity contribution in [3.05, 3.63) is 47.4 Å². The molecule has 9 atom stereocenters. The number of hydrogen-bond acceptors (Lipinski definition) is 15. The van der Waals surface area contributed by atoms with Gasteiger partial charge in [0.05, 0.1) is 24.7 Å². The molecule has 4 saturated carbocycles. The van der Waals surface area contributed by atoms with Crippen LogP contribution in [0.3, 0.4) is 0 Å². The molecule has 17 nitrogen and oxygen atoms in total. The zero-order chi connectivity index (χ0) is 40.4. The van der Waals surface area contributed by atoms with Gasteiger partial charge in [-0.05, 0) is 71.2 Å². The van der Waals surface area contributed by atoms with Crippen molar-refractivity contribution in [2.45, 2.75) is 106 Å².